The molecule has 0 aliphatic heterocycles. The summed E-state index contributed by atoms with van der Waals surface area (Å²) in [6, 6.07) is 0.302. The van der Waals surface area contributed by atoms with E-state index >= 15 is 0 Å². The molecule has 1 N–H and O–H groups in total. The second-order valence-electron chi connectivity index (χ2n) is 4.64. The molecule has 0 bridgehead atoms. The first-order valence-electron chi connectivity index (χ1n) is 6.48. The summed E-state index contributed by atoms with van der Waals surface area (Å²) in [5, 5.41) is 6.53. The lowest BCUT2D eigenvalue weighted by molar-refractivity contribution is 0.586. The molecule has 1 atom stereocenters. The second-order valence-corrected chi connectivity index (χ2v) is 5.48. The number of nitrogens with zero attached hydrogens (tertiary/aromatic N) is 4. The Labute approximate surface area is 118 Å². The number of hydrogen-bond donors (Lipinski definition) is 1. The molecule has 2 aromatic heterocycles. The summed E-state index contributed by atoms with van der Waals surface area (Å²) in [4.78, 5) is 11.2. The van der Waals surface area contributed by atoms with Gasteiger partial charge in [-0.15, -0.1) is 11.3 Å². The lowest BCUT2D eigenvalue weighted by atomic mass is 10.3. The van der Waals surface area contributed by atoms with Crippen molar-refractivity contribution >= 4 is 16.5 Å². The third-order valence-electron chi connectivity index (χ3n) is 3.09. The van der Waals surface area contributed by atoms with E-state index in [1.54, 1.807) is 11.3 Å². The van der Waals surface area contributed by atoms with E-state index in [4.69, 9.17) is 0 Å². The maximum Gasteiger partial charge on any atom is 0.185 e. The molecule has 0 radical (unpaired) electrons. The Bertz CT molecular complexity index is 519. The lowest BCUT2D eigenvalue weighted by Gasteiger charge is -2.15. The van der Waals surface area contributed by atoms with Crippen LogP contribution in [0.5, 0.6) is 0 Å². The summed E-state index contributed by atoms with van der Waals surface area (Å²) in [6.07, 6.45) is 3.79. The van der Waals surface area contributed by atoms with Gasteiger partial charge in [0.2, 0.25) is 0 Å². The van der Waals surface area contributed by atoms with Crippen LogP contribution in [0.15, 0.2) is 17.8 Å². The molecule has 2 rings (SSSR count). The van der Waals surface area contributed by atoms with Crippen LogP contribution in [0.3, 0.4) is 0 Å². The summed E-state index contributed by atoms with van der Waals surface area (Å²) in [7, 11) is 4.06. The molecule has 6 heteroatoms. The molecule has 2 aromatic rings. The van der Waals surface area contributed by atoms with Crippen LogP contribution in [-0.2, 0) is 13.6 Å². The Morgan fingerprint density at radius 1 is 1.53 bits per heavy atom. The molecule has 0 saturated heterocycles. The van der Waals surface area contributed by atoms with E-state index in [-0.39, 0.29) is 0 Å². The smallest absolute Gasteiger partial charge is 0.185 e. The van der Waals surface area contributed by atoms with Gasteiger partial charge in [0.05, 0.1) is 12.2 Å². The Morgan fingerprint density at radius 3 is 2.95 bits per heavy atom. The van der Waals surface area contributed by atoms with Crippen molar-refractivity contribution in [1.82, 2.24) is 19.9 Å². The van der Waals surface area contributed by atoms with Crippen LogP contribution in [-0.4, -0.2) is 28.1 Å². The normalized spacial score (nSPS) is 12.6. The topological polar surface area (TPSA) is 46.0 Å². The molecule has 2 heterocycles. The highest BCUT2D eigenvalue weighted by atomic mass is 32.1. The number of aryl methyl sites for hydroxylation is 1. The number of anilines is 1. The molecule has 0 saturated carbocycles. The Balaban J connectivity index is 2.04. The van der Waals surface area contributed by atoms with Crippen molar-refractivity contribution in [3.05, 3.63) is 29.3 Å². The van der Waals surface area contributed by atoms with E-state index in [1.165, 1.54) is 0 Å². The molecule has 1 unspecified atom stereocenters. The fraction of sp³-hybridized carbons (Fsp3) is 0.538. The molecular formula is C13H21N5S. The fourth-order valence-corrected chi connectivity index (χ4v) is 2.78. The highest BCUT2D eigenvalue weighted by Gasteiger charge is 2.13. The van der Waals surface area contributed by atoms with Gasteiger partial charge in [0.15, 0.2) is 5.13 Å². The van der Waals surface area contributed by atoms with Crippen molar-refractivity contribution < 1.29 is 0 Å². The quantitative estimate of drug-likeness (QED) is 0.880. The molecule has 0 aliphatic rings. The highest BCUT2D eigenvalue weighted by molar-refractivity contribution is 7.13. The molecule has 0 amide bonds. The molecule has 0 spiro atoms. The van der Waals surface area contributed by atoms with Crippen molar-refractivity contribution in [3.63, 3.8) is 0 Å². The van der Waals surface area contributed by atoms with Gasteiger partial charge >= 0.3 is 0 Å². The van der Waals surface area contributed by atoms with E-state index in [2.05, 4.69) is 46.5 Å². The van der Waals surface area contributed by atoms with Gasteiger partial charge in [-0.25, -0.2) is 9.97 Å². The average Bonchev–Trinajstić information content (AvgIpc) is 2.99. The number of imidazole rings is 1. The van der Waals surface area contributed by atoms with Crippen molar-refractivity contribution in [3.8, 4) is 0 Å². The van der Waals surface area contributed by atoms with Gasteiger partial charge in [0, 0.05) is 37.9 Å². The van der Waals surface area contributed by atoms with Crippen LogP contribution >= 0.6 is 11.3 Å². The minimum atomic E-state index is 0.302. The maximum absolute atomic E-state index is 4.68. The zero-order valence-electron chi connectivity index (χ0n) is 11.9. The van der Waals surface area contributed by atoms with E-state index in [0.717, 1.165) is 29.7 Å². The Hall–Kier alpha value is -1.40. The van der Waals surface area contributed by atoms with E-state index in [1.807, 2.05) is 24.0 Å². The number of hydrogen-bond acceptors (Lipinski definition) is 5. The van der Waals surface area contributed by atoms with E-state index < -0.39 is 0 Å². The van der Waals surface area contributed by atoms with Gasteiger partial charge in [0.1, 0.15) is 5.82 Å². The first kappa shape index (κ1) is 14.0. The zero-order chi connectivity index (χ0) is 13.8. The van der Waals surface area contributed by atoms with Crippen LogP contribution < -0.4 is 10.2 Å². The number of rotatable bonds is 6. The van der Waals surface area contributed by atoms with Gasteiger partial charge in [-0.3, -0.25) is 0 Å². The van der Waals surface area contributed by atoms with Crippen LogP contribution in [0.2, 0.25) is 0 Å². The predicted molar refractivity (Wildman–Crippen MR) is 79.5 cm³/mol. The van der Waals surface area contributed by atoms with Crippen molar-refractivity contribution in [2.75, 3.05) is 18.5 Å². The third-order valence-corrected chi connectivity index (χ3v) is 4.06. The maximum atomic E-state index is 4.68. The van der Waals surface area contributed by atoms with Crippen molar-refractivity contribution in [1.29, 1.82) is 0 Å². The standard InChI is InChI=1S/C13H21N5S/c1-5-14-10(2)11-9-19-13(16-11)18(4)8-12-15-6-7-17(12)3/h6-7,9-10,14H,5,8H2,1-4H3. The minimum Gasteiger partial charge on any atom is -0.344 e. The number of thiazole rings is 1. The van der Waals surface area contributed by atoms with Crippen LogP contribution in [0.1, 0.15) is 31.4 Å². The SMILES string of the molecule is CCNC(C)c1csc(N(C)Cc2nccn2C)n1. The predicted octanol–water partition coefficient (Wildman–Crippen LogP) is 2.18. The summed E-state index contributed by atoms with van der Waals surface area (Å²) >= 11 is 1.68. The van der Waals surface area contributed by atoms with E-state index in [0.29, 0.717) is 6.04 Å². The molecule has 19 heavy (non-hydrogen) atoms. The number of aromatic nitrogens is 3. The first-order chi connectivity index (χ1) is 9.11. The Morgan fingerprint density at radius 2 is 2.32 bits per heavy atom. The second kappa shape index (κ2) is 6.16. The van der Waals surface area contributed by atoms with Crippen molar-refractivity contribution in [2.45, 2.75) is 26.4 Å². The summed E-state index contributed by atoms with van der Waals surface area (Å²) in [6.45, 7) is 5.97. The lowest BCUT2D eigenvalue weighted by Crippen LogP contribution is -2.20. The average molecular weight is 279 g/mol. The molecular weight excluding hydrogens is 258 g/mol. The van der Waals surface area contributed by atoms with Crippen LogP contribution in [0.4, 0.5) is 5.13 Å². The summed E-state index contributed by atoms with van der Waals surface area (Å²) < 4.78 is 2.03. The minimum absolute atomic E-state index is 0.302. The van der Waals surface area contributed by atoms with Gasteiger partial charge in [0.25, 0.3) is 0 Å². The largest absolute Gasteiger partial charge is 0.344 e. The van der Waals surface area contributed by atoms with E-state index in [9.17, 15) is 0 Å². The fourth-order valence-electron chi connectivity index (χ4n) is 1.89. The summed E-state index contributed by atoms with van der Waals surface area (Å²) in [5.74, 6) is 1.04. The molecule has 104 valence electrons. The molecule has 5 nitrogen and oxygen atoms in total. The first-order valence-corrected chi connectivity index (χ1v) is 7.36. The molecule has 0 aliphatic carbocycles. The Kier molecular flexibility index (Phi) is 4.55. The monoisotopic (exact) mass is 279 g/mol. The number of nitrogens with one attached hydrogen (secondary N) is 1. The molecule has 0 fully saturated rings. The molecule has 0 aromatic carbocycles. The zero-order valence-corrected chi connectivity index (χ0v) is 12.7. The van der Waals surface area contributed by atoms with Gasteiger partial charge in [-0.2, -0.15) is 0 Å². The van der Waals surface area contributed by atoms with Crippen molar-refractivity contribution in [2.24, 2.45) is 7.05 Å². The third kappa shape index (κ3) is 3.33. The highest BCUT2D eigenvalue weighted by Crippen LogP contribution is 2.24. The van der Waals surface area contributed by atoms with Gasteiger partial charge < -0.3 is 14.8 Å². The van der Waals surface area contributed by atoms with Crippen LogP contribution in [0.25, 0.3) is 0 Å². The summed E-state index contributed by atoms with van der Waals surface area (Å²) in [5.41, 5.74) is 1.11. The van der Waals surface area contributed by atoms with Gasteiger partial charge in [-0.05, 0) is 13.5 Å². The van der Waals surface area contributed by atoms with Crippen LogP contribution in [0, 0.1) is 0 Å². The van der Waals surface area contributed by atoms with Gasteiger partial charge in [-0.1, -0.05) is 6.92 Å².